The molecule has 0 spiro atoms. The van der Waals surface area contributed by atoms with E-state index in [1.807, 2.05) is 18.2 Å². The maximum absolute atomic E-state index is 10.1. The SMILES string of the molecule is CCN1CCOc2ccc(C(O)CCCN)cc21. The molecule has 18 heavy (non-hydrogen) atoms. The molecule has 2 rings (SSSR count). The second-order valence-corrected chi connectivity index (χ2v) is 4.60. The summed E-state index contributed by atoms with van der Waals surface area (Å²) in [5, 5.41) is 10.1. The molecule has 1 aliphatic heterocycles. The molecule has 1 heterocycles. The van der Waals surface area contributed by atoms with Gasteiger partial charge in [0.1, 0.15) is 12.4 Å². The molecule has 0 amide bonds. The zero-order valence-corrected chi connectivity index (χ0v) is 10.9. The van der Waals surface area contributed by atoms with E-state index >= 15 is 0 Å². The van der Waals surface area contributed by atoms with Crippen LogP contribution in [0.5, 0.6) is 5.75 Å². The molecule has 1 aromatic rings. The fraction of sp³-hybridized carbons (Fsp3) is 0.571. The predicted molar refractivity (Wildman–Crippen MR) is 73.1 cm³/mol. The topological polar surface area (TPSA) is 58.7 Å². The molecular formula is C14H22N2O2. The van der Waals surface area contributed by atoms with Crippen LogP contribution in [0.4, 0.5) is 5.69 Å². The van der Waals surface area contributed by atoms with Crippen molar-refractivity contribution in [3.05, 3.63) is 23.8 Å². The third-order valence-corrected chi connectivity index (χ3v) is 3.39. The number of nitrogens with zero attached hydrogens (tertiary/aromatic N) is 1. The lowest BCUT2D eigenvalue weighted by atomic mass is 10.0. The lowest BCUT2D eigenvalue weighted by Gasteiger charge is -2.31. The number of anilines is 1. The Morgan fingerprint density at radius 1 is 1.50 bits per heavy atom. The minimum Gasteiger partial charge on any atom is -0.490 e. The number of fused-ring (bicyclic) bond motifs is 1. The summed E-state index contributed by atoms with van der Waals surface area (Å²) in [4.78, 5) is 2.28. The number of aliphatic hydroxyl groups excluding tert-OH is 1. The van der Waals surface area contributed by atoms with E-state index in [0.29, 0.717) is 13.0 Å². The third kappa shape index (κ3) is 2.76. The van der Waals surface area contributed by atoms with Gasteiger partial charge in [-0.05, 0) is 44.0 Å². The first-order valence-electron chi connectivity index (χ1n) is 6.66. The van der Waals surface area contributed by atoms with Gasteiger partial charge >= 0.3 is 0 Å². The molecule has 0 bridgehead atoms. The predicted octanol–water partition coefficient (Wildman–Crippen LogP) is 1.68. The third-order valence-electron chi connectivity index (χ3n) is 3.39. The van der Waals surface area contributed by atoms with Crippen LogP contribution in [0.15, 0.2) is 18.2 Å². The quantitative estimate of drug-likeness (QED) is 0.834. The van der Waals surface area contributed by atoms with Crippen LogP contribution in [-0.4, -0.2) is 31.3 Å². The fourth-order valence-corrected chi connectivity index (χ4v) is 2.30. The van der Waals surface area contributed by atoms with E-state index in [9.17, 15) is 5.11 Å². The van der Waals surface area contributed by atoms with E-state index in [2.05, 4.69) is 11.8 Å². The van der Waals surface area contributed by atoms with Crippen molar-refractivity contribution in [2.75, 3.05) is 31.1 Å². The van der Waals surface area contributed by atoms with Gasteiger partial charge < -0.3 is 20.5 Å². The van der Waals surface area contributed by atoms with Crippen molar-refractivity contribution in [1.82, 2.24) is 0 Å². The van der Waals surface area contributed by atoms with Crippen LogP contribution in [0, 0.1) is 0 Å². The van der Waals surface area contributed by atoms with Crippen LogP contribution in [0.3, 0.4) is 0 Å². The van der Waals surface area contributed by atoms with Crippen LogP contribution in [0.2, 0.25) is 0 Å². The number of likely N-dealkylation sites (N-methyl/N-ethyl adjacent to an activating group) is 1. The van der Waals surface area contributed by atoms with E-state index in [1.54, 1.807) is 0 Å². The zero-order valence-electron chi connectivity index (χ0n) is 10.9. The number of ether oxygens (including phenoxy) is 1. The second kappa shape index (κ2) is 6.07. The largest absolute Gasteiger partial charge is 0.490 e. The Morgan fingerprint density at radius 2 is 2.33 bits per heavy atom. The van der Waals surface area contributed by atoms with E-state index in [1.165, 1.54) is 0 Å². The van der Waals surface area contributed by atoms with Crippen LogP contribution < -0.4 is 15.4 Å². The molecule has 1 unspecified atom stereocenters. The number of benzene rings is 1. The van der Waals surface area contributed by atoms with Crippen molar-refractivity contribution in [1.29, 1.82) is 0 Å². The summed E-state index contributed by atoms with van der Waals surface area (Å²) in [6.07, 6.45) is 1.12. The molecule has 0 fully saturated rings. The fourth-order valence-electron chi connectivity index (χ4n) is 2.30. The highest BCUT2D eigenvalue weighted by Gasteiger charge is 2.18. The summed E-state index contributed by atoms with van der Waals surface area (Å²) < 4.78 is 5.63. The van der Waals surface area contributed by atoms with Gasteiger partial charge in [-0.1, -0.05) is 6.07 Å². The van der Waals surface area contributed by atoms with Gasteiger partial charge in [0.2, 0.25) is 0 Å². The average molecular weight is 250 g/mol. The van der Waals surface area contributed by atoms with Crippen LogP contribution >= 0.6 is 0 Å². The molecule has 1 atom stereocenters. The van der Waals surface area contributed by atoms with Gasteiger partial charge in [0.25, 0.3) is 0 Å². The number of aliphatic hydroxyl groups is 1. The summed E-state index contributed by atoms with van der Waals surface area (Å²) in [5.41, 5.74) is 7.51. The summed E-state index contributed by atoms with van der Waals surface area (Å²) in [5.74, 6) is 0.915. The Morgan fingerprint density at radius 3 is 3.06 bits per heavy atom. The maximum Gasteiger partial charge on any atom is 0.142 e. The molecule has 0 aliphatic carbocycles. The summed E-state index contributed by atoms with van der Waals surface area (Å²) in [6, 6.07) is 5.94. The second-order valence-electron chi connectivity index (χ2n) is 4.60. The zero-order chi connectivity index (χ0) is 13.0. The molecule has 0 saturated carbocycles. The van der Waals surface area contributed by atoms with Gasteiger partial charge in [-0.2, -0.15) is 0 Å². The maximum atomic E-state index is 10.1. The number of hydrogen-bond acceptors (Lipinski definition) is 4. The number of nitrogens with two attached hydrogens (primary N) is 1. The Labute approximate surface area is 108 Å². The van der Waals surface area contributed by atoms with E-state index < -0.39 is 6.10 Å². The lowest BCUT2D eigenvalue weighted by Crippen LogP contribution is -2.32. The molecule has 0 aromatic heterocycles. The molecule has 4 nitrogen and oxygen atoms in total. The highest BCUT2D eigenvalue weighted by molar-refractivity contribution is 5.61. The summed E-state index contributed by atoms with van der Waals surface area (Å²) >= 11 is 0. The molecule has 0 saturated heterocycles. The van der Waals surface area contributed by atoms with Crippen molar-refractivity contribution in [3.8, 4) is 5.75 Å². The lowest BCUT2D eigenvalue weighted by molar-refractivity contribution is 0.165. The monoisotopic (exact) mass is 250 g/mol. The standard InChI is InChI=1S/C14H22N2O2/c1-2-16-8-9-18-14-6-5-11(10-12(14)16)13(17)4-3-7-15/h5-6,10,13,17H,2-4,7-9,15H2,1H3. The highest BCUT2D eigenvalue weighted by atomic mass is 16.5. The van der Waals surface area contributed by atoms with Crippen molar-refractivity contribution < 1.29 is 9.84 Å². The van der Waals surface area contributed by atoms with Crippen molar-refractivity contribution in [2.45, 2.75) is 25.9 Å². The van der Waals surface area contributed by atoms with Crippen molar-refractivity contribution in [2.24, 2.45) is 5.73 Å². The average Bonchev–Trinajstić information content (AvgIpc) is 2.43. The molecule has 1 aromatic carbocycles. The smallest absolute Gasteiger partial charge is 0.142 e. The van der Waals surface area contributed by atoms with E-state index in [0.717, 1.165) is 43.1 Å². The van der Waals surface area contributed by atoms with E-state index in [-0.39, 0.29) is 0 Å². The Bertz CT molecular complexity index is 395. The first kappa shape index (κ1) is 13.2. The minimum atomic E-state index is -0.431. The Hall–Kier alpha value is -1.26. The Balaban J connectivity index is 2.19. The summed E-state index contributed by atoms with van der Waals surface area (Å²) in [7, 11) is 0. The molecular weight excluding hydrogens is 228 g/mol. The van der Waals surface area contributed by atoms with Crippen LogP contribution in [0.1, 0.15) is 31.4 Å². The van der Waals surface area contributed by atoms with Gasteiger partial charge in [0, 0.05) is 6.54 Å². The van der Waals surface area contributed by atoms with Crippen LogP contribution in [-0.2, 0) is 0 Å². The molecule has 4 heteroatoms. The van der Waals surface area contributed by atoms with Gasteiger partial charge in [0.15, 0.2) is 0 Å². The van der Waals surface area contributed by atoms with Crippen molar-refractivity contribution >= 4 is 5.69 Å². The molecule has 0 radical (unpaired) electrons. The van der Waals surface area contributed by atoms with Gasteiger partial charge in [0.05, 0.1) is 18.3 Å². The molecule has 100 valence electrons. The van der Waals surface area contributed by atoms with Crippen LogP contribution in [0.25, 0.3) is 0 Å². The summed E-state index contributed by atoms with van der Waals surface area (Å²) in [6.45, 7) is 5.35. The van der Waals surface area contributed by atoms with Crippen molar-refractivity contribution in [3.63, 3.8) is 0 Å². The first-order chi connectivity index (χ1) is 8.76. The molecule has 3 N–H and O–H groups in total. The first-order valence-corrected chi connectivity index (χ1v) is 6.66. The van der Waals surface area contributed by atoms with Gasteiger partial charge in [-0.25, -0.2) is 0 Å². The van der Waals surface area contributed by atoms with Gasteiger partial charge in [-0.3, -0.25) is 0 Å². The number of rotatable bonds is 5. The normalized spacial score (nSPS) is 16.1. The highest BCUT2D eigenvalue weighted by Crippen LogP contribution is 2.34. The minimum absolute atomic E-state index is 0.431. The molecule has 1 aliphatic rings. The van der Waals surface area contributed by atoms with Gasteiger partial charge in [-0.15, -0.1) is 0 Å². The van der Waals surface area contributed by atoms with E-state index in [4.69, 9.17) is 10.5 Å². The Kier molecular flexibility index (Phi) is 4.44. The number of hydrogen-bond donors (Lipinski definition) is 2.